The summed E-state index contributed by atoms with van der Waals surface area (Å²) >= 11 is 0.732. The van der Waals surface area contributed by atoms with Crippen molar-refractivity contribution < 1.29 is 13.9 Å². The third-order valence-corrected chi connectivity index (χ3v) is 6.16. The second-order valence-electron chi connectivity index (χ2n) is 7.41. The molecule has 31 heavy (non-hydrogen) atoms. The first-order chi connectivity index (χ1) is 14.8. The molecule has 0 fully saturated rings. The predicted octanol–water partition coefficient (Wildman–Crippen LogP) is 5.51. The molecule has 0 saturated carbocycles. The molecule has 2 aromatic carbocycles. The zero-order valence-electron chi connectivity index (χ0n) is 17.2. The topological polar surface area (TPSA) is 72.4 Å². The van der Waals surface area contributed by atoms with Gasteiger partial charge in [-0.1, -0.05) is 54.2 Å². The fourth-order valence-corrected chi connectivity index (χ4v) is 4.51. The Kier molecular flexibility index (Phi) is 5.45. The predicted molar refractivity (Wildman–Crippen MR) is 119 cm³/mol. The summed E-state index contributed by atoms with van der Waals surface area (Å²) in [6.45, 7) is 5.48. The van der Waals surface area contributed by atoms with Crippen LogP contribution in [0.3, 0.4) is 0 Å². The molecular formula is C24H20FNO4S. The van der Waals surface area contributed by atoms with Gasteiger partial charge in [0, 0.05) is 16.5 Å². The zero-order valence-corrected chi connectivity index (χ0v) is 18.0. The lowest BCUT2D eigenvalue weighted by Gasteiger charge is -2.21. The van der Waals surface area contributed by atoms with Gasteiger partial charge < -0.3 is 14.1 Å². The molecule has 4 aromatic rings. The number of rotatable bonds is 4. The number of aromatic hydroxyl groups is 1. The van der Waals surface area contributed by atoms with E-state index < -0.39 is 22.8 Å². The number of hydrogen-bond donors (Lipinski definition) is 1. The molecule has 0 atom stereocenters. The highest BCUT2D eigenvalue weighted by Gasteiger charge is 2.25. The number of nitrogens with zero attached hydrogens (tertiary/aromatic N) is 1. The molecule has 158 valence electrons. The van der Waals surface area contributed by atoms with Gasteiger partial charge in [-0.05, 0) is 38.5 Å². The largest absolute Gasteiger partial charge is 0.505 e. The quantitative estimate of drug-likeness (QED) is 0.456. The molecule has 0 aliphatic heterocycles. The molecule has 0 radical (unpaired) electrons. The Morgan fingerprint density at radius 2 is 1.68 bits per heavy atom. The number of aryl methyl sites for hydroxylation is 1. The Hall–Kier alpha value is -3.32. The van der Waals surface area contributed by atoms with Gasteiger partial charge in [-0.25, -0.2) is 9.18 Å². The Morgan fingerprint density at radius 1 is 1.03 bits per heavy atom. The summed E-state index contributed by atoms with van der Waals surface area (Å²) in [4.78, 5) is 26.1. The van der Waals surface area contributed by atoms with Gasteiger partial charge in [0.1, 0.15) is 16.1 Å². The van der Waals surface area contributed by atoms with Crippen molar-refractivity contribution in [2.24, 2.45) is 0 Å². The van der Waals surface area contributed by atoms with Gasteiger partial charge in [-0.15, -0.1) is 0 Å². The highest BCUT2D eigenvalue weighted by Crippen LogP contribution is 2.39. The Bertz CT molecular complexity index is 1410. The molecule has 0 bridgehead atoms. The SMILES string of the molecule is Cc1c(-c2ccccc2)n(C(C)C)c(=O)c2c(O)c(Sc3ccccc3F)c(=O)oc12. The van der Waals surface area contributed by atoms with Crippen LogP contribution < -0.4 is 11.2 Å². The summed E-state index contributed by atoms with van der Waals surface area (Å²) in [6, 6.07) is 15.0. The van der Waals surface area contributed by atoms with Crippen molar-refractivity contribution in [1.29, 1.82) is 0 Å². The van der Waals surface area contributed by atoms with Gasteiger partial charge in [-0.3, -0.25) is 4.79 Å². The van der Waals surface area contributed by atoms with Crippen LogP contribution >= 0.6 is 11.8 Å². The molecule has 7 heteroatoms. The molecular weight excluding hydrogens is 417 g/mol. The Morgan fingerprint density at radius 3 is 2.32 bits per heavy atom. The smallest absolute Gasteiger partial charge is 0.354 e. The second-order valence-corrected chi connectivity index (χ2v) is 8.46. The summed E-state index contributed by atoms with van der Waals surface area (Å²) in [6.07, 6.45) is 0. The van der Waals surface area contributed by atoms with Crippen molar-refractivity contribution in [2.45, 2.75) is 36.6 Å². The van der Waals surface area contributed by atoms with E-state index in [2.05, 4.69) is 0 Å². The summed E-state index contributed by atoms with van der Waals surface area (Å²) in [5.41, 5.74) is 0.684. The number of aromatic nitrogens is 1. The maximum atomic E-state index is 14.1. The summed E-state index contributed by atoms with van der Waals surface area (Å²) in [5, 5.41) is 10.8. The monoisotopic (exact) mass is 437 g/mol. The highest BCUT2D eigenvalue weighted by molar-refractivity contribution is 7.99. The lowest BCUT2D eigenvalue weighted by atomic mass is 10.0. The minimum absolute atomic E-state index is 0.0288. The van der Waals surface area contributed by atoms with E-state index in [9.17, 15) is 19.1 Å². The number of halogens is 1. The fourth-order valence-electron chi connectivity index (χ4n) is 3.65. The van der Waals surface area contributed by atoms with E-state index in [0.717, 1.165) is 17.3 Å². The van der Waals surface area contributed by atoms with Crippen molar-refractivity contribution in [2.75, 3.05) is 0 Å². The van der Waals surface area contributed by atoms with Crippen LogP contribution in [0.1, 0.15) is 25.5 Å². The van der Waals surface area contributed by atoms with Gasteiger partial charge in [0.15, 0.2) is 11.3 Å². The molecule has 2 aromatic heterocycles. The van der Waals surface area contributed by atoms with Crippen LogP contribution in [0.5, 0.6) is 5.75 Å². The lowest BCUT2D eigenvalue weighted by Crippen LogP contribution is -2.26. The van der Waals surface area contributed by atoms with Crippen LogP contribution in [0, 0.1) is 12.7 Å². The van der Waals surface area contributed by atoms with Crippen LogP contribution in [-0.2, 0) is 0 Å². The number of hydrogen-bond acceptors (Lipinski definition) is 5. The minimum atomic E-state index is -0.831. The number of fused-ring (bicyclic) bond motifs is 1. The van der Waals surface area contributed by atoms with Gasteiger partial charge >= 0.3 is 5.63 Å². The van der Waals surface area contributed by atoms with E-state index in [4.69, 9.17) is 4.42 Å². The normalized spacial score (nSPS) is 11.4. The number of pyridine rings is 1. The molecule has 0 aliphatic rings. The molecule has 4 rings (SSSR count). The third kappa shape index (κ3) is 3.55. The molecule has 5 nitrogen and oxygen atoms in total. The molecule has 0 amide bonds. The highest BCUT2D eigenvalue weighted by atomic mass is 32.2. The van der Waals surface area contributed by atoms with Crippen molar-refractivity contribution in [3.8, 4) is 17.0 Å². The van der Waals surface area contributed by atoms with Gasteiger partial charge in [0.2, 0.25) is 0 Å². The summed E-state index contributed by atoms with van der Waals surface area (Å²) < 4.78 is 21.2. The summed E-state index contributed by atoms with van der Waals surface area (Å²) in [7, 11) is 0. The molecule has 0 saturated heterocycles. The number of benzene rings is 2. The molecule has 0 spiro atoms. The minimum Gasteiger partial charge on any atom is -0.505 e. The third-order valence-electron chi connectivity index (χ3n) is 5.04. The van der Waals surface area contributed by atoms with E-state index in [-0.39, 0.29) is 26.8 Å². The van der Waals surface area contributed by atoms with Crippen LogP contribution in [0.15, 0.2) is 78.4 Å². The average molecular weight is 437 g/mol. The van der Waals surface area contributed by atoms with Crippen molar-refractivity contribution >= 4 is 22.7 Å². The average Bonchev–Trinajstić information content (AvgIpc) is 2.74. The second kappa shape index (κ2) is 8.07. The maximum absolute atomic E-state index is 14.1. The summed E-state index contributed by atoms with van der Waals surface area (Å²) in [5.74, 6) is -1.04. The van der Waals surface area contributed by atoms with Crippen LogP contribution in [0.2, 0.25) is 0 Å². The first-order valence-electron chi connectivity index (χ1n) is 9.74. The van der Waals surface area contributed by atoms with Crippen LogP contribution in [0.25, 0.3) is 22.2 Å². The van der Waals surface area contributed by atoms with Gasteiger partial charge in [0.05, 0.1) is 5.69 Å². The Balaban J connectivity index is 2.07. The van der Waals surface area contributed by atoms with E-state index in [1.807, 2.05) is 44.2 Å². The van der Waals surface area contributed by atoms with Crippen LogP contribution in [-0.4, -0.2) is 9.67 Å². The van der Waals surface area contributed by atoms with Gasteiger partial charge in [-0.2, -0.15) is 0 Å². The molecule has 0 aliphatic carbocycles. The zero-order chi connectivity index (χ0) is 22.3. The fraction of sp³-hybridized carbons (Fsp3) is 0.167. The van der Waals surface area contributed by atoms with E-state index in [1.54, 1.807) is 17.6 Å². The standard InChI is InChI=1S/C24H20FNO4S/c1-13(2)26-19(15-9-5-4-6-10-15)14(3)21-18(23(26)28)20(27)22(24(29)30-21)31-17-12-8-7-11-16(17)25/h4-13,27H,1-3H3. The van der Waals surface area contributed by atoms with Crippen molar-refractivity contribution in [3.05, 3.63) is 86.8 Å². The molecule has 2 heterocycles. The van der Waals surface area contributed by atoms with Crippen LogP contribution in [0.4, 0.5) is 4.39 Å². The van der Waals surface area contributed by atoms with E-state index >= 15 is 0 Å². The van der Waals surface area contributed by atoms with Gasteiger partial charge in [0.25, 0.3) is 5.56 Å². The van der Waals surface area contributed by atoms with Crippen molar-refractivity contribution in [1.82, 2.24) is 4.57 Å². The maximum Gasteiger partial charge on any atom is 0.354 e. The Labute approximate surface area is 181 Å². The van der Waals surface area contributed by atoms with Crippen molar-refractivity contribution in [3.63, 3.8) is 0 Å². The first kappa shape index (κ1) is 20.9. The van der Waals surface area contributed by atoms with E-state index in [1.165, 1.54) is 18.2 Å². The lowest BCUT2D eigenvalue weighted by molar-refractivity contribution is 0.444. The molecule has 0 unspecified atom stereocenters. The first-order valence-corrected chi connectivity index (χ1v) is 10.6. The molecule has 1 N–H and O–H groups in total. The van der Waals surface area contributed by atoms with E-state index in [0.29, 0.717) is 11.3 Å².